The predicted molar refractivity (Wildman–Crippen MR) is 74.0 cm³/mol. The summed E-state index contributed by atoms with van der Waals surface area (Å²) in [4.78, 5) is 2.77. The number of hydrogen-bond donors (Lipinski definition) is 1. The average molecular weight is 239 g/mol. The van der Waals surface area contributed by atoms with Crippen LogP contribution >= 0.6 is 11.3 Å². The van der Waals surface area contributed by atoms with Crippen molar-refractivity contribution in [2.45, 2.75) is 58.9 Å². The van der Waals surface area contributed by atoms with Gasteiger partial charge in [-0.3, -0.25) is 0 Å². The molecule has 1 aromatic rings. The zero-order valence-corrected chi connectivity index (χ0v) is 12.0. The minimum absolute atomic E-state index is 0.225. The molecule has 2 heteroatoms. The molecule has 92 valence electrons. The summed E-state index contributed by atoms with van der Waals surface area (Å²) in [5, 5.41) is 0. The Morgan fingerprint density at radius 1 is 1.19 bits per heavy atom. The fraction of sp³-hybridized carbons (Fsp3) is 0.714. The van der Waals surface area contributed by atoms with E-state index in [2.05, 4.69) is 46.8 Å². The van der Waals surface area contributed by atoms with Gasteiger partial charge in [-0.15, -0.1) is 11.3 Å². The van der Waals surface area contributed by atoms with Crippen LogP contribution in [0.3, 0.4) is 0 Å². The first-order chi connectivity index (χ1) is 7.30. The van der Waals surface area contributed by atoms with E-state index in [0.29, 0.717) is 0 Å². The van der Waals surface area contributed by atoms with Crippen LogP contribution in [0.1, 0.15) is 63.3 Å². The summed E-state index contributed by atoms with van der Waals surface area (Å²) in [6.45, 7) is 11.3. The third-order valence-electron chi connectivity index (χ3n) is 2.79. The SMILES string of the molecule is CC(C)CCC(N)c1ccc(C(C)(C)C)s1. The molecule has 1 atom stereocenters. The second-order valence-corrected chi connectivity index (χ2v) is 7.15. The quantitative estimate of drug-likeness (QED) is 0.823. The van der Waals surface area contributed by atoms with Crippen molar-refractivity contribution in [2.24, 2.45) is 11.7 Å². The van der Waals surface area contributed by atoms with Crippen molar-refractivity contribution in [2.75, 3.05) is 0 Å². The molecule has 0 saturated heterocycles. The lowest BCUT2D eigenvalue weighted by molar-refractivity contribution is 0.510. The first-order valence-electron chi connectivity index (χ1n) is 6.16. The summed E-state index contributed by atoms with van der Waals surface area (Å²) in [6, 6.07) is 4.66. The molecular weight excluding hydrogens is 214 g/mol. The monoisotopic (exact) mass is 239 g/mol. The van der Waals surface area contributed by atoms with Gasteiger partial charge in [-0.1, -0.05) is 34.6 Å². The first-order valence-corrected chi connectivity index (χ1v) is 6.98. The predicted octanol–water partition coefficient (Wildman–Crippen LogP) is 4.48. The molecule has 0 amide bonds. The fourth-order valence-electron chi connectivity index (χ4n) is 1.61. The van der Waals surface area contributed by atoms with Gasteiger partial charge >= 0.3 is 0 Å². The van der Waals surface area contributed by atoms with Crippen molar-refractivity contribution in [1.82, 2.24) is 0 Å². The van der Waals surface area contributed by atoms with Gasteiger partial charge in [0.1, 0.15) is 0 Å². The van der Waals surface area contributed by atoms with Crippen LogP contribution in [0, 0.1) is 5.92 Å². The molecule has 1 aromatic heterocycles. The van der Waals surface area contributed by atoms with Gasteiger partial charge in [0.2, 0.25) is 0 Å². The molecule has 1 rings (SSSR count). The van der Waals surface area contributed by atoms with Crippen LogP contribution in [0.4, 0.5) is 0 Å². The van der Waals surface area contributed by atoms with Gasteiger partial charge in [-0.05, 0) is 36.3 Å². The van der Waals surface area contributed by atoms with Crippen LogP contribution < -0.4 is 5.73 Å². The topological polar surface area (TPSA) is 26.0 Å². The molecule has 2 N–H and O–H groups in total. The van der Waals surface area contributed by atoms with Crippen molar-refractivity contribution >= 4 is 11.3 Å². The maximum absolute atomic E-state index is 6.21. The standard InChI is InChI=1S/C14H25NS/c1-10(2)6-7-11(15)12-8-9-13(16-12)14(3,4)5/h8-11H,6-7,15H2,1-5H3. The molecule has 1 heterocycles. The van der Waals surface area contributed by atoms with Crippen molar-refractivity contribution in [3.05, 3.63) is 21.9 Å². The van der Waals surface area contributed by atoms with Crippen LogP contribution in [-0.4, -0.2) is 0 Å². The van der Waals surface area contributed by atoms with Crippen molar-refractivity contribution in [1.29, 1.82) is 0 Å². The molecule has 0 radical (unpaired) electrons. The molecular formula is C14H25NS. The Bertz CT molecular complexity index is 320. The van der Waals surface area contributed by atoms with E-state index < -0.39 is 0 Å². The molecule has 0 aliphatic rings. The highest BCUT2D eigenvalue weighted by molar-refractivity contribution is 7.12. The molecule has 0 fully saturated rings. The molecule has 16 heavy (non-hydrogen) atoms. The summed E-state index contributed by atoms with van der Waals surface area (Å²) in [5.41, 5.74) is 6.46. The van der Waals surface area contributed by atoms with Gasteiger partial charge < -0.3 is 5.73 Å². The van der Waals surface area contributed by atoms with E-state index in [1.54, 1.807) is 0 Å². The summed E-state index contributed by atoms with van der Waals surface area (Å²) >= 11 is 1.87. The van der Waals surface area contributed by atoms with Crippen LogP contribution in [-0.2, 0) is 5.41 Å². The Hall–Kier alpha value is -0.340. The van der Waals surface area contributed by atoms with Crippen LogP contribution in [0.5, 0.6) is 0 Å². The van der Waals surface area contributed by atoms with E-state index in [9.17, 15) is 0 Å². The van der Waals surface area contributed by atoms with Crippen molar-refractivity contribution < 1.29 is 0 Å². The first kappa shape index (κ1) is 13.7. The van der Waals surface area contributed by atoms with Crippen LogP contribution in [0.15, 0.2) is 12.1 Å². The maximum Gasteiger partial charge on any atom is 0.0389 e. The zero-order valence-electron chi connectivity index (χ0n) is 11.2. The molecule has 0 spiro atoms. The molecule has 1 nitrogen and oxygen atoms in total. The maximum atomic E-state index is 6.21. The summed E-state index contributed by atoms with van der Waals surface area (Å²) in [7, 11) is 0. The molecule has 0 aliphatic heterocycles. The van der Waals surface area contributed by atoms with Gasteiger partial charge in [0, 0.05) is 15.8 Å². The summed E-state index contributed by atoms with van der Waals surface area (Å²) in [6.07, 6.45) is 2.31. The van der Waals surface area contributed by atoms with Gasteiger partial charge in [0.15, 0.2) is 0 Å². The largest absolute Gasteiger partial charge is 0.323 e. The number of rotatable bonds is 4. The van der Waals surface area contributed by atoms with Gasteiger partial charge in [0.05, 0.1) is 0 Å². The summed E-state index contributed by atoms with van der Waals surface area (Å²) in [5.74, 6) is 0.744. The van der Waals surface area contributed by atoms with Crippen molar-refractivity contribution in [3.63, 3.8) is 0 Å². The third-order valence-corrected chi connectivity index (χ3v) is 4.43. The Labute approximate surface area is 104 Å². The van der Waals surface area contributed by atoms with Crippen molar-refractivity contribution in [3.8, 4) is 0 Å². The minimum Gasteiger partial charge on any atom is -0.323 e. The minimum atomic E-state index is 0.225. The normalized spacial score (nSPS) is 14.4. The van der Waals surface area contributed by atoms with Gasteiger partial charge in [0.25, 0.3) is 0 Å². The van der Waals surface area contributed by atoms with E-state index >= 15 is 0 Å². The van der Waals surface area contributed by atoms with E-state index in [4.69, 9.17) is 5.73 Å². The van der Waals surface area contributed by atoms with E-state index in [1.807, 2.05) is 11.3 Å². The summed E-state index contributed by atoms with van der Waals surface area (Å²) < 4.78 is 0. The average Bonchev–Trinajstić information content (AvgIpc) is 2.61. The molecule has 0 aromatic carbocycles. The lowest BCUT2D eigenvalue weighted by Crippen LogP contribution is -2.10. The second-order valence-electron chi connectivity index (χ2n) is 6.03. The van der Waals surface area contributed by atoms with E-state index in [0.717, 1.165) is 12.3 Å². The van der Waals surface area contributed by atoms with Gasteiger partial charge in [-0.2, -0.15) is 0 Å². The highest BCUT2D eigenvalue weighted by Crippen LogP contribution is 2.33. The second kappa shape index (κ2) is 5.33. The third kappa shape index (κ3) is 3.91. The van der Waals surface area contributed by atoms with E-state index in [-0.39, 0.29) is 11.5 Å². The number of nitrogens with two attached hydrogens (primary N) is 1. The highest BCUT2D eigenvalue weighted by atomic mass is 32.1. The number of thiophene rings is 1. The van der Waals surface area contributed by atoms with Gasteiger partial charge in [-0.25, -0.2) is 0 Å². The Kier molecular flexibility index (Phi) is 4.57. The lowest BCUT2D eigenvalue weighted by Gasteiger charge is -2.16. The smallest absolute Gasteiger partial charge is 0.0389 e. The van der Waals surface area contributed by atoms with E-state index in [1.165, 1.54) is 16.2 Å². The molecule has 1 unspecified atom stereocenters. The fourth-order valence-corrected chi connectivity index (χ4v) is 2.71. The Morgan fingerprint density at radius 2 is 1.81 bits per heavy atom. The highest BCUT2D eigenvalue weighted by Gasteiger charge is 2.18. The zero-order chi connectivity index (χ0) is 12.3. The lowest BCUT2D eigenvalue weighted by atomic mass is 9.95. The molecule has 0 saturated carbocycles. The molecule has 0 bridgehead atoms. The Balaban J connectivity index is 2.63. The Morgan fingerprint density at radius 3 is 2.25 bits per heavy atom. The number of hydrogen-bond acceptors (Lipinski definition) is 2. The van der Waals surface area contributed by atoms with Crippen LogP contribution in [0.25, 0.3) is 0 Å². The van der Waals surface area contributed by atoms with Crippen LogP contribution in [0.2, 0.25) is 0 Å². The molecule has 0 aliphatic carbocycles.